The van der Waals surface area contributed by atoms with Gasteiger partial charge in [0.15, 0.2) is 5.76 Å². The highest BCUT2D eigenvalue weighted by molar-refractivity contribution is 6.31. The van der Waals surface area contributed by atoms with Gasteiger partial charge in [0, 0.05) is 36.9 Å². The number of aliphatic carboxylic acids is 1. The number of carboxylic acids is 1. The molecule has 1 aliphatic heterocycles. The van der Waals surface area contributed by atoms with Crippen molar-refractivity contribution in [2.75, 3.05) is 13.1 Å². The summed E-state index contributed by atoms with van der Waals surface area (Å²) in [5.74, 6) is -3.65. The summed E-state index contributed by atoms with van der Waals surface area (Å²) in [6.45, 7) is 0.858. The Morgan fingerprint density at radius 2 is 1.86 bits per heavy atom. The van der Waals surface area contributed by atoms with Gasteiger partial charge in [-0.3, -0.25) is 19.4 Å². The molecule has 0 unspecified atom stereocenters. The van der Waals surface area contributed by atoms with Gasteiger partial charge >= 0.3 is 12.1 Å². The van der Waals surface area contributed by atoms with Crippen LogP contribution >= 0.6 is 11.6 Å². The second-order valence-electron chi connectivity index (χ2n) is 9.19. The van der Waals surface area contributed by atoms with Gasteiger partial charge in [-0.2, -0.15) is 13.2 Å². The van der Waals surface area contributed by atoms with E-state index in [9.17, 15) is 27.6 Å². The third-order valence-corrected chi connectivity index (χ3v) is 6.61. The maximum Gasteiger partial charge on any atom is 0.490 e. The molecule has 0 spiro atoms. The van der Waals surface area contributed by atoms with Crippen LogP contribution in [0.5, 0.6) is 0 Å². The third kappa shape index (κ3) is 9.33. The highest BCUT2D eigenvalue weighted by atomic mass is 35.5. The van der Waals surface area contributed by atoms with Gasteiger partial charge in [0.25, 0.3) is 5.91 Å². The van der Waals surface area contributed by atoms with E-state index >= 15 is 0 Å². The fraction of sp³-hybridized carbons (Fsp3) is 0.321. The van der Waals surface area contributed by atoms with Crippen molar-refractivity contribution >= 4 is 35.3 Å². The number of nitrogens with zero attached hydrogens (tertiary/aromatic N) is 2. The summed E-state index contributed by atoms with van der Waals surface area (Å²) in [6.07, 6.45) is 1.73. The van der Waals surface area contributed by atoms with E-state index in [4.69, 9.17) is 25.9 Å². The van der Waals surface area contributed by atoms with Crippen LogP contribution in [0.15, 0.2) is 71.6 Å². The molecule has 1 aliphatic rings. The summed E-state index contributed by atoms with van der Waals surface area (Å²) in [6, 6.07) is 12.8. The number of aromatic nitrogens is 1. The van der Waals surface area contributed by atoms with Crippen LogP contribution in [0, 0.1) is 0 Å². The summed E-state index contributed by atoms with van der Waals surface area (Å²) < 4.78 is 36.9. The van der Waals surface area contributed by atoms with Crippen molar-refractivity contribution in [3.8, 4) is 0 Å². The zero-order valence-electron chi connectivity index (χ0n) is 22.1. The van der Waals surface area contributed by atoms with Crippen molar-refractivity contribution < 1.29 is 41.9 Å². The van der Waals surface area contributed by atoms with Crippen LogP contribution < -0.4 is 10.6 Å². The highest BCUT2D eigenvalue weighted by Crippen LogP contribution is 2.21. The van der Waals surface area contributed by atoms with Gasteiger partial charge in [-0.1, -0.05) is 35.9 Å². The first-order valence-corrected chi connectivity index (χ1v) is 13.2. The fourth-order valence-corrected chi connectivity index (χ4v) is 4.46. The molecule has 0 radical (unpaired) electrons. The largest absolute Gasteiger partial charge is 0.490 e. The van der Waals surface area contributed by atoms with Gasteiger partial charge in [0.05, 0.1) is 6.26 Å². The van der Waals surface area contributed by atoms with E-state index in [1.54, 1.807) is 29.4 Å². The molecule has 0 bridgehead atoms. The van der Waals surface area contributed by atoms with Gasteiger partial charge in [-0.25, -0.2) is 4.79 Å². The van der Waals surface area contributed by atoms with E-state index in [0.717, 1.165) is 11.1 Å². The lowest BCUT2D eigenvalue weighted by Gasteiger charge is -2.28. The molecule has 1 saturated heterocycles. The number of carbonyl (C=O) groups is 4. The summed E-state index contributed by atoms with van der Waals surface area (Å²) in [5.41, 5.74) is 1.75. The first-order valence-electron chi connectivity index (χ1n) is 12.8. The van der Waals surface area contributed by atoms with Crippen LogP contribution in [0.25, 0.3) is 0 Å². The minimum absolute atomic E-state index is 0.115. The van der Waals surface area contributed by atoms with E-state index in [2.05, 4.69) is 15.6 Å². The van der Waals surface area contributed by atoms with E-state index in [0.29, 0.717) is 37.4 Å². The Labute approximate surface area is 243 Å². The van der Waals surface area contributed by atoms with Gasteiger partial charge in [0.2, 0.25) is 11.8 Å². The fourth-order valence-electron chi connectivity index (χ4n) is 4.23. The van der Waals surface area contributed by atoms with Crippen molar-refractivity contribution in [1.82, 2.24) is 20.5 Å². The molecule has 0 aliphatic carbocycles. The molecule has 42 heavy (non-hydrogen) atoms. The summed E-state index contributed by atoms with van der Waals surface area (Å²) in [7, 11) is 0. The van der Waals surface area contributed by atoms with Crippen molar-refractivity contribution in [1.29, 1.82) is 0 Å². The molecule has 2 aromatic heterocycles. The SMILES string of the molecule is O=C(N[C@@H](Cc1cccnc1)C(=O)N1CCC[C@H]1C(=O)NCCc1ccccc1Cl)c1ccco1.O=C(O)C(F)(F)F. The summed E-state index contributed by atoms with van der Waals surface area (Å²) in [5, 5.41) is 13.5. The summed E-state index contributed by atoms with van der Waals surface area (Å²) in [4.78, 5) is 53.8. The number of carboxylic acid groups (broad SMARTS) is 1. The normalized spacial score (nSPS) is 15.2. The number of furan rings is 1. The number of hydrogen-bond donors (Lipinski definition) is 3. The smallest absolute Gasteiger partial charge is 0.475 e. The molecule has 224 valence electrons. The average Bonchev–Trinajstić information content (AvgIpc) is 3.67. The third-order valence-electron chi connectivity index (χ3n) is 6.24. The number of rotatable bonds is 9. The van der Waals surface area contributed by atoms with Crippen molar-refractivity contribution in [3.63, 3.8) is 0 Å². The van der Waals surface area contributed by atoms with Crippen LogP contribution in [0.4, 0.5) is 13.2 Å². The number of likely N-dealkylation sites (tertiary alicyclic amines) is 1. The van der Waals surface area contributed by atoms with E-state index < -0.39 is 30.1 Å². The van der Waals surface area contributed by atoms with Gasteiger partial charge < -0.3 is 25.1 Å². The first-order chi connectivity index (χ1) is 20.0. The van der Waals surface area contributed by atoms with Crippen LogP contribution in [0.2, 0.25) is 5.02 Å². The second-order valence-corrected chi connectivity index (χ2v) is 9.60. The minimum atomic E-state index is -5.08. The Balaban J connectivity index is 0.000000616. The lowest BCUT2D eigenvalue weighted by atomic mass is 10.1. The number of alkyl halides is 3. The Kier molecular flexibility index (Phi) is 11.5. The number of pyridine rings is 1. The average molecular weight is 609 g/mol. The van der Waals surface area contributed by atoms with Crippen molar-refractivity contribution in [2.45, 2.75) is 43.9 Å². The number of carbonyl (C=O) groups excluding carboxylic acids is 3. The molecule has 1 aromatic carbocycles. The highest BCUT2D eigenvalue weighted by Gasteiger charge is 2.39. The molecular formula is C28H28ClF3N4O6. The lowest BCUT2D eigenvalue weighted by molar-refractivity contribution is -0.192. The zero-order chi connectivity index (χ0) is 30.7. The Morgan fingerprint density at radius 3 is 2.48 bits per heavy atom. The van der Waals surface area contributed by atoms with Crippen LogP contribution in [0.1, 0.15) is 34.5 Å². The standard InChI is InChI=1S/C26H27ClN4O4.C2HF3O2/c27-20-8-2-1-7-19(20)11-13-29-24(32)22-9-4-14-31(22)26(34)21(16-18-6-3-12-28-17-18)30-25(33)23-10-5-15-35-23;3-2(4,5)1(6)7/h1-3,5-8,10,12,15,17,21-22H,4,9,11,13-14,16H2,(H,29,32)(H,30,33);(H,6,7)/t21-,22-;/m0./s1. The Bertz CT molecular complexity index is 1360. The maximum atomic E-state index is 13.6. The molecule has 10 nitrogen and oxygen atoms in total. The molecule has 3 N–H and O–H groups in total. The van der Waals surface area contributed by atoms with Gasteiger partial charge in [-0.05, 0) is 54.7 Å². The topological polar surface area (TPSA) is 142 Å². The van der Waals surface area contributed by atoms with Crippen molar-refractivity contribution in [3.05, 3.63) is 89.1 Å². The molecular weight excluding hydrogens is 581 g/mol. The Morgan fingerprint density at radius 1 is 1.12 bits per heavy atom. The van der Waals surface area contributed by atoms with Crippen LogP contribution in [-0.4, -0.2) is 70.0 Å². The molecule has 3 heterocycles. The predicted octanol–water partition coefficient (Wildman–Crippen LogP) is 3.65. The van der Waals surface area contributed by atoms with Crippen LogP contribution in [-0.2, 0) is 27.2 Å². The number of nitrogens with one attached hydrogen (secondary N) is 2. The second kappa shape index (κ2) is 15.0. The maximum absolute atomic E-state index is 13.6. The quantitative estimate of drug-likeness (QED) is 0.337. The molecule has 3 amide bonds. The Hall–Kier alpha value is -4.39. The molecule has 0 saturated carbocycles. The monoisotopic (exact) mass is 608 g/mol. The molecule has 14 heteroatoms. The summed E-state index contributed by atoms with van der Waals surface area (Å²) >= 11 is 6.20. The predicted molar refractivity (Wildman–Crippen MR) is 144 cm³/mol. The lowest BCUT2D eigenvalue weighted by Crippen LogP contribution is -2.54. The first kappa shape index (κ1) is 32.1. The molecule has 3 aromatic rings. The molecule has 1 fully saturated rings. The van der Waals surface area contributed by atoms with E-state index in [-0.39, 0.29) is 24.0 Å². The minimum Gasteiger partial charge on any atom is -0.475 e. The zero-order valence-corrected chi connectivity index (χ0v) is 22.9. The molecule has 2 atom stereocenters. The van der Waals surface area contributed by atoms with Crippen LogP contribution in [0.3, 0.4) is 0 Å². The number of hydrogen-bond acceptors (Lipinski definition) is 6. The molecule has 4 rings (SSSR count). The van der Waals surface area contributed by atoms with Gasteiger partial charge in [-0.15, -0.1) is 0 Å². The number of amides is 3. The number of benzene rings is 1. The number of halogens is 4. The van der Waals surface area contributed by atoms with Gasteiger partial charge in [0.1, 0.15) is 12.1 Å². The van der Waals surface area contributed by atoms with E-state index in [1.807, 2.05) is 30.3 Å². The van der Waals surface area contributed by atoms with Crippen molar-refractivity contribution in [2.24, 2.45) is 0 Å². The van der Waals surface area contributed by atoms with E-state index in [1.165, 1.54) is 12.3 Å².